The Hall–Kier alpha value is -0.900. The van der Waals surface area contributed by atoms with Crippen molar-refractivity contribution in [3.8, 4) is 0 Å². The molecule has 4 heteroatoms. The molecule has 2 N–H and O–H groups in total. The SMILES string of the molecule is CCCCCn1ccnc1C(N)=S. The van der Waals surface area contributed by atoms with Crippen LogP contribution in [0.5, 0.6) is 0 Å². The molecule has 1 aromatic rings. The van der Waals surface area contributed by atoms with E-state index in [0.29, 0.717) is 4.99 Å². The first kappa shape index (κ1) is 10.2. The molecule has 0 atom stereocenters. The Morgan fingerprint density at radius 1 is 1.62 bits per heavy atom. The van der Waals surface area contributed by atoms with Crippen LogP contribution in [0.25, 0.3) is 0 Å². The molecule has 0 unspecified atom stereocenters. The minimum absolute atomic E-state index is 0.376. The second-order valence-electron chi connectivity index (χ2n) is 3.02. The number of nitrogens with two attached hydrogens (primary N) is 1. The molecule has 0 amide bonds. The minimum Gasteiger partial charge on any atom is -0.387 e. The molecule has 3 nitrogen and oxygen atoms in total. The third-order valence-corrected chi connectivity index (χ3v) is 2.12. The van der Waals surface area contributed by atoms with Crippen LogP contribution < -0.4 is 5.73 Å². The van der Waals surface area contributed by atoms with Crippen LogP contribution in [0.4, 0.5) is 0 Å². The summed E-state index contributed by atoms with van der Waals surface area (Å²) in [5.41, 5.74) is 5.51. The average molecular weight is 197 g/mol. The van der Waals surface area contributed by atoms with Crippen LogP contribution in [0.2, 0.25) is 0 Å². The van der Waals surface area contributed by atoms with E-state index >= 15 is 0 Å². The van der Waals surface area contributed by atoms with Crippen LogP contribution >= 0.6 is 12.2 Å². The molecule has 1 heterocycles. The zero-order valence-electron chi connectivity index (χ0n) is 7.86. The maximum atomic E-state index is 5.51. The zero-order valence-corrected chi connectivity index (χ0v) is 8.68. The largest absolute Gasteiger partial charge is 0.387 e. The predicted molar refractivity (Wildman–Crippen MR) is 57.6 cm³/mol. The second-order valence-corrected chi connectivity index (χ2v) is 3.46. The summed E-state index contributed by atoms with van der Waals surface area (Å²) in [4.78, 5) is 4.47. The Balaban J connectivity index is 2.55. The molecular formula is C9H15N3S. The maximum absolute atomic E-state index is 5.51. The summed E-state index contributed by atoms with van der Waals surface area (Å²) in [5.74, 6) is 0.728. The molecule has 0 fully saturated rings. The molecule has 0 aliphatic rings. The number of aromatic nitrogens is 2. The predicted octanol–water partition coefficient (Wildman–Crippen LogP) is 1.71. The highest BCUT2D eigenvalue weighted by atomic mass is 32.1. The summed E-state index contributed by atoms with van der Waals surface area (Å²) < 4.78 is 2.01. The van der Waals surface area contributed by atoms with Gasteiger partial charge in [0.05, 0.1) is 0 Å². The molecule has 0 saturated heterocycles. The van der Waals surface area contributed by atoms with Crippen molar-refractivity contribution < 1.29 is 0 Å². The van der Waals surface area contributed by atoms with Gasteiger partial charge in [0.1, 0.15) is 4.99 Å². The Labute approximate surface area is 84.0 Å². The van der Waals surface area contributed by atoms with E-state index in [1.807, 2.05) is 10.8 Å². The minimum atomic E-state index is 0.376. The van der Waals surface area contributed by atoms with E-state index in [0.717, 1.165) is 18.8 Å². The van der Waals surface area contributed by atoms with Crippen LogP contribution in [-0.2, 0) is 6.54 Å². The van der Waals surface area contributed by atoms with Crippen molar-refractivity contribution >= 4 is 17.2 Å². The van der Waals surface area contributed by atoms with Crippen LogP contribution in [0.1, 0.15) is 32.0 Å². The van der Waals surface area contributed by atoms with Crippen LogP contribution in [-0.4, -0.2) is 14.5 Å². The van der Waals surface area contributed by atoms with E-state index in [1.54, 1.807) is 6.20 Å². The van der Waals surface area contributed by atoms with Gasteiger partial charge < -0.3 is 10.3 Å². The lowest BCUT2D eigenvalue weighted by molar-refractivity contribution is 0.599. The van der Waals surface area contributed by atoms with Gasteiger partial charge >= 0.3 is 0 Å². The number of hydrogen-bond acceptors (Lipinski definition) is 2. The molecule has 72 valence electrons. The van der Waals surface area contributed by atoms with Gasteiger partial charge in [-0.05, 0) is 6.42 Å². The summed E-state index contributed by atoms with van der Waals surface area (Å²) in [6, 6.07) is 0. The summed E-state index contributed by atoms with van der Waals surface area (Å²) >= 11 is 4.88. The third kappa shape index (κ3) is 2.81. The molecule has 0 spiro atoms. The Kier molecular flexibility index (Phi) is 3.89. The van der Waals surface area contributed by atoms with E-state index in [2.05, 4.69) is 11.9 Å². The van der Waals surface area contributed by atoms with Crippen molar-refractivity contribution in [3.05, 3.63) is 18.2 Å². The first-order chi connectivity index (χ1) is 6.25. The summed E-state index contributed by atoms with van der Waals surface area (Å²) in [6.07, 6.45) is 7.26. The number of nitrogens with zero attached hydrogens (tertiary/aromatic N) is 2. The number of hydrogen-bond donors (Lipinski definition) is 1. The van der Waals surface area contributed by atoms with Crippen molar-refractivity contribution in [1.82, 2.24) is 9.55 Å². The van der Waals surface area contributed by atoms with Gasteiger partial charge in [-0.1, -0.05) is 32.0 Å². The molecular weight excluding hydrogens is 182 g/mol. The number of imidazole rings is 1. The van der Waals surface area contributed by atoms with E-state index in [1.165, 1.54) is 12.8 Å². The van der Waals surface area contributed by atoms with Crippen molar-refractivity contribution in [2.24, 2.45) is 5.73 Å². The number of aryl methyl sites for hydroxylation is 1. The molecule has 0 aliphatic heterocycles. The van der Waals surface area contributed by atoms with E-state index in [9.17, 15) is 0 Å². The number of thiocarbonyl (C=S) groups is 1. The van der Waals surface area contributed by atoms with Crippen molar-refractivity contribution in [1.29, 1.82) is 0 Å². The molecule has 0 saturated carbocycles. The molecule has 0 bridgehead atoms. The topological polar surface area (TPSA) is 43.8 Å². The maximum Gasteiger partial charge on any atom is 0.167 e. The lowest BCUT2D eigenvalue weighted by Gasteiger charge is -2.05. The number of unbranched alkanes of at least 4 members (excludes halogenated alkanes) is 2. The van der Waals surface area contributed by atoms with E-state index < -0.39 is 0 Å². The Morgan fingerprint density at radius 2 is 2.38 bits per heavy atom. The van der Waals surface area contributed by atoms with Gasteiger partial charge in [0, 0.05) is 18.9 Å². The fraction of sp³-hybridized carbons (Fsp3) is 0.556. The average Bonchev–Trinajstić information content (AvgIpc) is 2.53. The molecule has 1 rings (SSSR count). The van der Waals surface area contributed by atoms with Gasteiger partial charge in [0.25, 0.3) is 0 Å². The van der Waals surface area contributed by atoms with Gasteiger partial charge in [0.2, 0.25) is 0 Å². The first-order valence-corrected chi connectivity index (χ1v) is 4.97. The smallest absolute Gasteiger partial charge is 0.167 e. The second kappa shape index (κ2) is 4.97. The van der Waals surface area contributed by atoms with Crippen molar-refractivity contribution in [2.75, 3.05) is 0 Å². The highest BCUT2D eigenvalue weighted by molar-refractivity contribution is 7.80. The quantitative estimate of drug-likeness (QED) is 0.577. The van der Waals surface area contributed by atoms with Crippen LogP contribution in [0.15, 0.2) is 12.4 Å². The van der Waals surface area contributed by atoms with Gasteiger partial charge in [-0.2, -0.15) is 0 Å². The highest BCUT2D eigenvalue weighted by Gasteiger charge is 2.03. The molecule has 0 radical (unpaired) electrons. The summed E-state index contributed by atoms with van der Waals surface area (Å²) in [7, 11) is 0. The van der Waals surface area contributed by atoms with Gasteiger partial charge in [-0.3, -0.25) is 0 Å². The number of rotatable bonds is 5. The zero-order chi connectivity index (χ0) is 9.68. The third-order valence-electron chi connectivity index (χ3n) is 1.94. The van der Waals surface area contributed by atoms with Gasteiger partial charge in [-0.25, -0.2) is 4.98 Å². The summed E-state index contributed by atoms with van der Waals surface area (Å²) in [5, 5.41) is 0. The standard InChI is InChI=1S/C9H15N3S/c1-2-3-4-6-12-7-5-11-9(12)8(10)13/h5,7H,2-4,6H2,1H3,(H2,10,13). The fourth-order valence-corrected chi connectivity index (χ4v) is 1.42. The van der Waals surface area contributed by atoms with Crippen LogP contribution in [0, 0.1) is 0 Å². The molecule has 0 aliphatic carbocycles. The van der Waals surface area contributed by atoms with Gasteiger partial charge in [-0.15, -0.1) is 0 Å². The van der Waals surface area contributed by atoms with E-state index in [4.69, 9.17) is 18.0 Å². The fourth-order valence-electron chi connectivity index (χ4n) is 1.25. The normalized spacial score (nSPS) is 10.2. The monoisotopic (exact) mass is 197 g/mol. The van der Waals surface area contributed by atoms with Crippen molar-refractivity contribution in [2.45, 2.75) is 32.7 Å². The Bertz CT molecular complexity index is 280. The van der Waals surface area contributed by atoms with Gasteiger partial charge in [0.15, 0.2) is 5.82 Å². The Morgan fingerprint density at radius 3 is 3.00 bits per heavy atom. The lowest BCUT2D eigenvalue weighted by atomic mass is 10.2. The van der Waals surface area contributed by atoms with E-state index in [-0.39, 0.29) is 0 Å². The first-order valence-electron chi connectivity index (χ1n) is 4.56. The molecule has 13 heavy (non-hydrogen) atoms. The molecule has 0 aromatic carbocycles. The molecule has 1 aromatic heterocycles. The summed E-state index contributed by atoms with van der Waals surface area (Å²) in [6.45, 7) is 3.14. The lowest BCUT2D eigenvalue weighted by Crippen LogP contribution is -2.16. The van der Waals surface area contributed by atoms with Crippen molar-refractivity contribution in [3.63, 3.8) is 0 Å². The van der Waals surface area contributed by atoms with Crippen LogP contribution in [0.3, 0.4) is 0 Å². The highest BCUT2D eigenvalue weighted by Crippen LogP contribution is 2.02.